The van der Waals surface area contributed by atoms with E-state index in [-0.39, 0.29) is 40.5 Å². The van der Waals surface area contributed by atoms with E-state index in [1.54, 1.807) is 0 Å². The van der Waals surface area contributed by atoms with Crippen molar-refractivity contribution in [3.63, 3.8) is 0 Å². The van der Waals surface area contributed by atoms with Crippen LogP contribution in [0.25, 0.3) is 0 Å². The highest BCUT2D eigenvalue weighted by atomic mass is 35.5. The van der Waals surface area contributed by atoms with Crippen LogP contribution in [0.15, 0.2) is 23.1 Å². The second kappa shape index (κ2) is 8.77. The Morgan fingerprint density at radius 2 is 1.90 bits per heavy atom. The maximum atomic E-state index is 13.6. The second-order valence-corrected chi connectivity index (χ2v) is 9.96. The van der Waals surface area contributed by atoms with Crippen LogP contribution in [0.3, 0.4) is 0 Å². The van der Waals surface area contributed by atoms with Gasteiger partial charge in [-0.15, -0.1) is 0 Å². The number of sulfonamides is 1. The number of hydrogen-bond donors (Lipinski definition) is 1. The molecule has 29 heavy (non-hydrogen) atoms. The molecule has 2 saturated heterocycles. The quantitative estimate of drug-likeness (QED) is 0.686. The van der Waals surface area contributed by atoms with Gasteiger partial charge in [-0.1, -0.05) is 23.2 Å². The fourth-order valence-electron chi connectivity index (χ4n) is 4.10. The Labute approximate surface area is 179 Å². The van der Waals surface area contributed by atoms with Gasteiger partial charge < -0.3 is 15.4 Å². The van der Waals surface area contributed by atoms with E-state index in [4.69, 9.17) is 33.7 Å². The molecule has 2 fully saturated rings. The second-order valence-electron chi connectivity index (χ2n) is 7.24. The number of carbonyl (C=O) groups excluding carboxylic acids is 2. The summed E-state index contributed by atoms with van der Waals surface area (Å²) in [6.45, 7) is 0.575. The number of piperidine rings is 1. The van der Waals surface area contributed by atoms with Gasteiger partial charge >= 0.3 is 0 Å². The Hall–Kier alpha value is -1.39. The van der Waals surface area contributed by atoms with Crippen LogP contribution < -0.4 is 5.73 Å². The van der Waals surface area contributed by atoms with Gasteiger partial charge in [0.05, 0.1) is 17.4 Å². The molecule has 0 aromatic heterocycles. The smallest absolute Gasteiger partial charge is 0.244 e. The van der Waals surface area contributed by atoms with Crippen molar-refractivity contribution in [2.45, 2.75) is 36.2 Å². The lowest BCUT2D eigenvalue weighted by Gasteiger charge is -2.40. The zero-order chi connectivity index (χ0) is 21.3. The standard InChI is InChI=1S/C18H23Cl2N3O5S/c1-28-6-5-22-10-14(17(21)24)15-3-2-4-16(18(22)25)23(15)29(26,27)13-8-11(19)7-12(20)9-13/h7-9,14-16H,2-6,10H2,1H3,(H2,21,24)/t14-,15?,16?/m0/s1. The molecule has 8 nitrogen and oxygen atoms in total. The normalized spacial score (nSPS) is 25.7. The van der Waals surface area contributed by atoms with E-state index < -0.39 is 33.9 Å². The van der Waals surface area contributed by atoms with Gasteiger partial charge in [0.1, 0.15) is 6.04 Å². The van der Waals surface area contributed by atoms with Gasteiger partial charge in [-0.3, -0.25) is 9.59 Å². The minimum Gasteiger partial charge on any atom is -0.383 e. The van der Waals surface area contributed by atoms with E-state index in [2.05, 4.69) is 0 Å². The Morgan fingerprint density at radius 1 is 1.24 bits per heavy atom. The van der Waals surface area contributed by atoms with Crippen molar-refractivity contribution < 1.29 is 22.7 Å². The minimum atomic E-state index is -4.15. The highest BCUT2D eigenvalue weighted by Gasteiger charge is 2.51. The molecule has 3 rings (SSSR count). The van der Waals surface area contributed by atoms with E-state index in [1.165, 1.54) is 30.2 Å². The fraction of sp³-hybridized carbons (Fsp3) is 0.556. The predicted molar refractivity (Wildman–Crippen MR) is 108 cm³/mol. The summed E-state index contributed by atoms with van der Waals surface area (Å²) in [7, 11) is -2.65. The number of primary amides is 1. The van der Waals surface area contributed by atoms with Crippen molar-refractivity contribution >= 4 is 45.0 Å². The molecule has 1 aromatic carbocycles. The van der Waals surface area contributed by atoms with E-state index in [0.717, 1.165) is 4.31 Å². The van der Waals surface area contributed by atoms with Gasteiger partial charge in [-0.25, -0.2) is 8.42 Å². The van der Waals surface area contributed by atoms with Gasteiger partial charge in [0.15, 0.2) is 0 Å². The summed E-state index contributed by atoms with van der Waals surface area (Å²) in [6.07, 6.45) is 1.41. The first-order chi connectivity index (χ1) is 13.7. The van der Waals surface area contributed by atoms with Gasteiger partial charge in [-0.2, -0.15) is 4.31 Å². The average molecular weight is 464 g/mol. The van der Waals surface area contributed by atoms with Crippen molar-refractivity contribution in [2.24, 2.45) is 11.7 Å². The number of fused-ring (bicyclic) bond motifs is 2. The van der Waals surface area contributed by atoms with Gasteiger partial charge in [0.25, 0.3) is 0 Å². The van der Waals surface area contributed by atoms with E-state index in [1.807, 2.05) is 0 Å². The van der Waals surface area contributed by atoms with Crippen molar-refractivity contribution in [2.75, 3.05) is 26.8 Å². The highest BCUT2D eigenvalue weighted by molar-refractivity contribution is 7.89. The number of methoxy groups -OCH3 is 1. The number of carbonyl (C=O) groups is 2. The van der Waals surface area contributed by atoms with Crippen LogP contribution in [-0.2, 0) is 24.3 Å². The monoisotopic (exact) mass is 463 g/mol. The Bertz CT molecular complexity index is 891. The molecule has 0 radical (unpaired) electrons. The molecule has 0 spiro atoms. The molecule has 0 aliphatic carbocycles. The summed E-state index contributed by atoms with van der Waals surface area (Å²) in [4.78, 5) is 26.8. The molecule has 2 aliphatic rings. The number of amides is 2. The van der Waals surface area contributed by atoms with E-state index >= 15 is 0 Å². The van der Waals surface area contributed by atoms with Gasteiger partial charge in [-0.05, 0) is 37.5 Å². The zero-order valence-corrected chi connectivity index (χ0v) is 18.2. The molecule has 2 unspecified atom stereocenters. The van der Waals surface area contributed by atoms with Crippen molar-refractivity contribution in [1.29, 1.82) is 0 Å². The van der Waals surface area contributed by atoms with E-state index in [9.17, 15) is 18.0 Å². The largest absolute Gasteiger partial charge is 0.383 e. The number of nitrogens with zero attached hydrogens (tertiary/aromatic N) is 2. The molecule has 1 aromatic rings. The van der Waals surface area contributed by atoms with Crippen LogP contribution >= 0.6 is 23.2 Å². The number of rotatable bonds is 6. The molecule has 0 saturated carbocycles. The number of hydrogen-bond acceptors (Lipinski definition) is 5. The summed E-state index contributed by atoms with van der Waals surface area (Å²) in [6, 6.07) is 2.36. The van der Waals surface area contributed by atoms with Crippen LogP contribution in [0.1, 0.15) is 19.3 Å². The maximum Gasteiger partial charge on any atom is 0.244 e. The van der Waals surface area contributed by atoms with Crippen molar-refractivity contribution in [3.8, 4) is 0 Å². The van der Waals surface area contributed by atoms with Gasteiger partial charge in [0.2, 0.25) is 21.8 Å². The Balaban J connectivity index is 2.10. The molecule has 2 amide bonds. The Kier molecular flexibility index (Phi) is 6.74. The number of benzene rings is 1. The minimum absolute atomic E-state index is 0.0566. The SMILES string of the molecule is COCCN1C[C@H](C(N)=O)C2CCCC(C1=O)N2S(=O)(=O)c1cc(Cl)cc(Cl)c1. The Morgan fingerprint density at radius 3 is 2.48 bits per heavy atom. The highest BCUT2D eigenvalue weighted by Crippen LogP contribution is 2.38. The molecule has 160 valence electrons. The first-order valence-corrected chi connectivity index (χ1v) is 11.4. The number of ether oxygens (including phenoxy) is 1. The maximum absolute atomic E-state index is 13.6. The third-order valence-corrected chi connectivity index (χ3v) is 7.78. The van der Waals surface area contributed by atoms with Crippen LogP contribution in [0.5, 0.6) is 0 Å². The summed E-state index contributed by atoms with van der Waals surface area (Å²) >= 11 is 12.0. The lowest BCUT2D eigenvalue weighted by molar-refractivity contribution is -0.135. The molecule has 11 heteroatoms. The summed E-state index contributed by atoms with van der Waals surface area (Å²) in [5.74, 6) is -1.82. The van der Waals surface area contributed by atoms with E-state index in [0.29, 0.717) is 19.3 Å². The molecular weight excluding hydrogens is 441 g/mol. The van der Waals surface area contributed by atoms with Crippen LogP contribution in [0.4, 0.5) is 0 Å². The summed E-state index contributed by atoms with van der Waals surface area (Å²) < 4.78 is 33.3. The molecule has 2 aliphatic heterocycles. The number of halogens is 2. The first kappa shape index (κ1) is 22.3. The topological polar surface area (TPSA) is 110 Å². The predicted octanol–water partition coefficient (Wildman–Crippen LogP) is 1.50. The summed E-state index contributed by atoms with van der Waals surface area (Å²) in [5.41, 5.74) is 5.63. The molecule has 2 heterocycles. The molecule has 2 N–H and O–H groups in total. The third kappa shape index (κ3) is 4.39. The zero-order valence-electron chi connectivity index (χ0n) is 15.9. The van der Waals surface area contributed by atoms with Crippen molar-refractivity contribution in [3.05, 3.63) is 28.2 Å². The molecular formula is C18H23Cl2N3O5S. The van der Waals surface area contributed by atoms with Crippen molar-refractivity contribution in [1.82, 2.24) is 9.21 Å². The molecule has 2 bridgehead atoms. The summed E-state index contributed by atoms with van der Waals surface area (Å²) in [5, 5.41) is 0.325. The van der Waals surface area contributed by atoms with Crippen LogP contribution in [-0.4, -0.2) is 68.3 Å². The van der Waals surface area contributed by atoms with Crippen LogP contribution in [0.2, 0.25) is 10.0 Å². The number of nitrogens with two attached hydrogens (primary N) is 1. The molecule has 3 atom stereocenters. The lowest BCUT2D eigenvalue weighted by atomic mass is 9.90. The lowest BCUT2D eigenvalue weighted by Crippen LogP contribution is -2.56. The third-order valence-electron chi connectivity index (χ3n) is 5.43. The van der Waals surface area contributed by atoms with Gasteiger partial charge in [0, 0.05) is 36.3 Å². The average Bonchev–Trinajstić information content (AvgIpc) is 2.72. The van der Waals surface area contributed by atoms with Crippen LogP contribution in [0, 0.1) is 5.92 Å². The fourth-order valence-corrected chi connectivity index (χ4v) is 6.69. The first-order valence-electron chi connectivity index (χ1n) is 9.23.